The molecule has 4 aromatic rings. The van der Waals surface area contributed by atoms with Crippen LogP contribution in [0.25, 0.3) is 10.2 Å². The van der Waals surface area contributed by atoms with Crippen molar-refractivity contribution < 1.29 is 4.74 Å². The van der Waals surface area contributed by atoms with Gasteiger partial charge in [-0.1, -0.05) is 113 Å². The van der Waals surface area contributed by atoms with Crippen molar-refractivity contribution in [3.8, 4) is 5.75 Å². The minimum Gasteiger partial charge on any atom is -0.497 e. The Kier molecular flexibility index (Phi) is 10.4. The van der Waals surface area contributed by atoms with Gasteiger partial charge in [-0.3, -0.25) is 0 Å². The summed E-state index contributed by atoms with van der Waals surface area (Å²) in [5.74, 6) is 1.34. The van der Waals surface area contributed by atoms with Gasteiger partial charge in [0.2, 0.25) is 0 Å². The Morgan fingerprint density at radius 2 is 1.45 bits per heavy atom. The van der Waals surface area contributed by atoms with Gasteiger partial charge in [-0.25, -0.2) is 4.98 Å². The summed E-state index contributed by atoms with van der Waals surface area (Å²) in [5, 5.41) is 3.95. The second-order valence-corrected chi connectivity index (χ2v) is 9.23. The van der Waals surface area contributed by atoms with Crippen LogP contribution in [0.15, 0.2) is 78.9 Å². The molecule has 0 aliphatic carbocycles. The molecular weight excluding hydrogens is 424 g/mol. The molecule has 1 aromatic heterocycles. The third-order valence-corrected chi connectivity index (χ3v) is 6.80. The van der Waals surface area contributed by atoms with Crippen LogP contribution in [0.2, 0.25) is 0 Å². The molecular formula is C29H38N2OS. The van der Waals surface area contributed by atoms with Gasteiger partial charge in [0.05, 0.1) is 17.3 Å². The average molecular weight is 463 g/mol. The molecule has 33 heavy (non-hydrogen) atoms. The second-order valence-electron chi connectivity index (χ2n) is 8.20. The van der Waals surface area contributed by atoms with Crippen molar-refractivity contribution in [1.29, 1.82) is 0 Å². The van der Waals surface area contributed by atoms with Crippen LogP contribution in [-0.2, 0) is 0 Å². The fraction of sp³-hybridized carbons (Fsp3) is 0.345. The van der Waals surface area contributed by atoms with Gasteiger partial charge in [0.1, 0.15) is 5.75 Å². The van der Waals surface area contributed by atoms with Gasteiger partial charge in [-0.15, -0.1) is 0 Å². The second kappa shape index (κ2) is 13.0. The lowest BCUT2D eigenvalue weighted by atomic mass is 9.70. The number of nitrogens with zero attached hydrogens (tertiary/aromatic N) is 1. The predicted molar refractivity (Wildman–Crippen MR) is 146 cm³/mol. The highest BCUT2D eigenvalue weighted by Gasteiger charge is 2.30. The number of rotatable bonds is 6. The van der Waals surface area contributed by atoms with Gasteiger partial charge in [0.25, 0.3) is 0 Å². The molecule has 0 saturated heterocycles. The number of aromatic nitrogens is 1. The Morgan fingerprint density at radius 1 is 0.909 bits per heavy atom. The normalized spacial score (nSPS) is 10.7. The molecule has 0 atom stereocenters. The van der Waals surface area contributed by atoms with E-state index in [0.717, 1.165) is 21.1 Å². The molecule has 0 bridgehead atoms. The Hall–Kier alpha value is -2.85. The summed E-state index contributed by atoms with van der Waals surface area (Å²) in [6.07, 6.45) is 1.17. The molecule has 0 saturated carbocycles. The number of ether oxygens (including phenoxy) is 1. The summed E-state index contributed by atoms with van der Waals surface area (Å²) in [6, 6.07) is 27.6. The largest absolute Gasteiger partial charge is 0.497 e. The van der Waals surface area contributed by atoms with E-state index in [1.165, 1.54) is 17.5 Å². The number of thiazole rings is 1. The van der Waals surface area contributed by atoms with Crippen LogP contribution in [-0.4, -0.2) is 19.1 Å². The molecule has 0 unspecified atom stereocenters. The molecule has 1 heterocycles. The highest BCUT2D eigenvalue weighted by molar-refractivity contribution is 7.22. The number of anilines is 1. The summed E-state index contributed by atoms with van der Waals surface area (Å²) >= 11 is 1.62. The Labute approximate surface area is 203 Å². The molecule has 0 fully saturated rings. The van der Waals surface area contributed by atoms with Crippen molar-refractivity contribution in [2.24, 2.45) is 5.41 Å². The SMILES string of the molecule is CC.CCC(C)(C)C(c1ccccc1)c1ccccc1.CNc1nc2ccc(OC)cc2s1. The molecule has 0 aliphatic heterocycles. The van der Waals surface area contributed by atoms with Crippen molar-refractivity contribution in [2.75, 3.05) is 19.5 Å². The number of hydrogen-bond donors (Lipinski definition) is 1. The predicted octanol–water partition coefficient (Wildman–Crippen LogP) is 8.63. The summed E-state index contributed by atoms with van der Waals surface area (Å²) in [7, 11) is 3.54. The van der Waals surface area contributed by atoms with Crippen molar-refractivity contribution in [2.45, 2.75) is 47.0 Å². The zero-order valence-electron chi connectivity index (χ0n) is 21.1. The van der Waals surface area contributed by atoms with Crippen LogP contribution in [0.4, 0.5) is 5.13 Å². The van der Waals surface area contributed by atoms with Crippen molar-refractivity contribution in [1.82, 2.24) is 4.98 Å². The highest BCUT2D eigenvalue weighted by atomic mass is 32.1. The van der Waals surface area contributed by atoms with E-state index in [-0.39, 0.29) is 5.41 Å². The molecule has 0 amide bonds. The average Bonchev–Trinajstić information content (AvgIpc) is 3.29. The van der Waals surface area contributed by atoms with Gasteiger partial charge in [-0.05, 0) is 34.7 Å². The quantitative estimate of drug-likeness (QED) is 0.311. The van der Waals surface area contributed by atoms with Gasteiger partial charge in [0, 0.05) is 13.0 Å². The lowest BCUT2D eigenvalue weighted by molar-refractivity contribution is 0.305. The van der Waals surface area contributed by atoms with E-state index in [9.17, 15) is 0 Å². The number of nitrogens with one attached hydrogen (secondary N) is 1. The first-order chi connectivity index (χ1) is 16.0. The molecule has 3 aromatic carbocycles. The highest BCUT2D eigenvalue weighted by Crippen LogP contribution is 2.42. The van der Waals surface area contributed by atoms with Gasteiger partial charge >= 0.3 is 0 Å². The topological polar surface area (TPSA) is 34.2 Å². The van der Waals surface area contributed by atoms with Crippen molar-refractivity contribution in [3.63, 3.8) is 0 Å². The Morgan fingerprint density at radius 3 is 1.91 bits per heavy atom. The van der Waals surface area contributed by atoms with Gasteiger partial charge in [0.15, 0.2) is 5.13 Å². The van der Waals surface area contributed by atoms with E-state index >= 15 is 0 Å². The smallest absolute Gasteiger partial charge is 0.183 e. The first-order valence-corrected chi connectivity index (χ1v) is 12.5. The monoisotopic (exact) mass is 462 g/mol. The summed E-state index contributed by atoms with van der Waals surface area (Å²) in [5.41, 5.74) is 4.10. The molecule has 176 valence electrons. The maximum Gasteiger partial charge on any atom is 0.183 e. The minimum absolute atomic E-state index is 0.267. The number of methoxy groups -OCH3 is 1. The van der Waals surface area contributed by atoms with Crippen LogP contribution < -0.4 is 10.1 Å². The molecule has 0 radical (unpaired) electrons. The lowest BCUT2D eigenvalue weighted by Crippen LogP contribution is -2.22. The minimum atomic E-state index is 0.267. The number of benzene rings is 3. The molecule has 4 heteroatoms. The van der Waals surface area contributed by atoms with Gasteiger partial charge in [-0.2, -0.15) is 0 Å². The third kappa shape index (κ3) is 7.06. The summed E-state index contributed by atoms with van der Waals surface area (Å²) < 4.78 is 6.27. The van der Waals surface area contributed by atoms with E-state index in [4.69, 9.17) is 4.74 Å². The van der Waals surface area contributed by atoms with Crippen LogP contribution in [0.1, 0.15) is 58.1 Å². The fourth-order valence-corrected chi connectivity index (χ4v) is 4.58. The van der Waals surface area contributed by atoms with E-state index in [1.54, 1.807) is 18.4 Å². The zero-order valence-corrected chi connectivity index (χ0v) is 21.9. The standard InChI is InChI=1S/C18H22.C9H10N2OS.C2H6/c1-4-18(2,3)17(15-11-7-5-8-12-15)16-13-9-6-10-14-16;1-10-9-11-7-4-3-6(12-2)5-8(7)13-9;1-2/h5-14,17H,4H2,1-3H3;3-5H,1-2H3,(H,10,11);1-2H3. The van der Waals surface area contributed by atoms with Gasteiger partial charge < -0.3 is 10.1 Å². The maximum absolute atomic E-state index is 5.12. The molecule has 4 rings (SSSR count). The zero-order chi connectivity index (χ0) is 24.3. The first kappa shape index (κ1) is 26.4. The lowest BCUT2D eigenvalue weighted by Gasteiger charge is -2.34. The third-order valence-electron chi connectivity index (χ3n) is 5.77. The first-order valence-electron chi connectivity index (χ1n) is 11.7. The van der Waals surface area contributed by atoms with E-state index in [2.05, 4.69) is 91.7 Å². The van der Waals surface area contributed by atoms with E-state index in [1.807, 2.05) is 39.1 Å². The summed E-state index contributed by atoms with van der Waals surface area (Å²) in [4.78, 5) is 4.36. The molecule has 1 N–H and O–H groups in total. The van der Waals surface area contributed by atoms with Crippen LogP contribution >= 0.6 is 11.3 Å². The Bertz CT molecular complexity index is 1030. The van der Waals surface area contributed by atoms with Crippen LogP contribution in [0.3, 0.4) is 0 Å². The number of fused-ring (bicyclic) bond motifs is 1. The Balaban J connectivity index is 0.000000227. The van der Waals surface area contributed by atoms with Crippen molar-refractivity contribution in [3.05, 3.63) is 90.0 Å². The summed E-state index contributed by atoms with van der Waals surface area (Å²) in [6.45, 7) is 11.0. The van der Waals surface area contributed by atoms with Crippen LogP contribution in [0, 0.1) is 5.41 Å². The van der Waals surface area contributed by atoms with Crippen LogP contribution in [0.5, 0.6) is 5.75 Å². The molecule has 0 spiro atoms. The molecule has 0 aliphatic rings. The molecule has 3 nitrogen and oxygen atoms in total. The number of hydrogen-bond acceptors (Lipinski definition) is 4. The van der Waals surface area contributed by atoms with E-state index in [0.29, 0.717) is 5.92 Å². The van der Waals surface area contributed by atoms with E-state index < -0.39 is 0 Å². The van der Waals surface area contributed by atoms with Crippen molar-refractivity contribution >= 4 is 26.7 Å². The maximum atomic E-state index is 5.12. The fourth-order valence-electron chi connectivity index (χ4n) is 3.73.